The topological polar surface area (TPSA) is 77.8 Å². The fraction of sp³-hybridized carbons (Fsp3) is 1.00. The number of nitrogens with zero attached hydrogens (tertiary/aromatic N) is 1. The van der Waals surface area contributed by atoms with Crippen molar-refractivity contribution in [2.45, 2.75) is 45.6 Å². The van der Waals surface area contributed by atoms with Gasteiger partial charge < -0.3 is 4.90 Å². The lowest BCUT2D eigenvalue weighted by Gasteiger charge is -2.18. The average molecular weight is 241 g/mol. The van der Waals surface area contributed by atoms with E-state index in [1.165, 1.54) is 25.7 Å². The van der Waals surface area contributed by atoms with Crippen LogP contribution in [0.25, 0.3) is 0 Å². The molecule has 0 spiro atoms. The maximum Gasteiger partial charge on any atom is 0.394 e. The van der Waals surface area contributed by atoms with E-state index < -0.39 is 10.4 Å². The van der Waals surface area contributed by atoms with Gasteiger partial charge in [-0.3, -0.25) is 9.11 Å². The molecule has 6 heteroatoms. The number of rotatable bonds is 5. The minimum atomic E-state index is -4.67. The molecule has 0 rings (SSSR count). The van der Waals surface area contributed by atoms with Crippen LogP contribution < -0.4 is 0 Å². The van der Waals surface area contributed by atoms with E-state index in [1.54, 1.807) is 0 Å². The van der Waals surface area contributed by atoms with Crippen LogP contribution in [0.1, 0.15) is 39.5 Å². The van der Waals surface area contributed by atoms with Crippen molar-refractivity contribution in [2.24, 2.45) is 0 Å². The van der Waals surface area contributed by atoms with Gasteiger partial charge in [0.05, 0.1) is 0 Å². The van der Waals surface area contributed by atoms with E-state index in [2.05, 4.69) is 32.8 Å². The zero-order chi connectivity index (χ0) is 12.5. The van der Waals surface area contributed by atoms with Crippen LogP contribution in [-0.4, -0.2) is 42.6 Å². The monoisotopic (exact) mass is 241 g/mol. The molecule has 1 unspecified atom stereocenters. The molecule has 0 fully saturated rings. The van der Waals surface area contributed by atoms with Crippen molar-refractivity contribution in [1.29, 1.82) is 0 Å². The maximum atomic E-state index is 8.74. The molecular formula is C9H23NO4S. The predicted molar refractivity (Wildman–Crippen MR) is 61.5 cm³/mol. The minimum Gasteiger partial charge on any atom is -0.307 e. The highest BCUT2D eigenvalue weighted by atomic mass is 32.3. The molecule has 1 atom stereocenters. The first-order chi connectivity index (χ1) is 6.68. The van der Waals surface area contributed by atoms with Crippen LogP contribution in [-0.2, 0) is 10.4 Å². The Labute approximate surface area is 93.1 Å². The molecule has 0 aliphatic carbocycles. The summed E-state index contributed by atoms with van der Waals surface area (Å²) in [5, 5.41) is 0. The van der Waals surface area contributed by atoms with Crippen molar-refractivity contribution in [3.63, 3.8) is 0 Å². The van der Waals surface area contributed by atoms with Gasteiger partial charge in [0.1, 0.15) is 0 Å². The highest BCUT2D eigenvalue weighted by molar-refractivity contribution is 7.79. The Morgan fingerprint density at radius 2 is 1.60 bits per heavy atom. The van der Waals surface area contributed by atoms with Gasteiger partial charge in [-0.05, 0) is 27.4 Å². The average Bonchev–Trinajstić information content (AvgIpc) is 2.01. The standard InChI is InChI=1S/C9H21N.H2O4S/c1-5-6-7-8-9(2)10(3)4;1-5(2,3)4/h9H,5-8H2,1-4H3;(H2,1,2,3,4). The van der Waals surface area contributed by atoms with Crippen LogP contribution in [0.3, 0.4) is 0 Å². The molecule has 94 valence electrons. The third kappa shape index (κ3) is 24.8. The highest BCUT2D eigenvalue weighted by Gasteiger charge is 2.01. The molecule has 0 saturated carbocycles. The van der Waals surface area contributed by atoms with Crippen molar-refractivity contribution in [1.82, 2.24) is 4.90 Å². The summed E-state index contributed by atoms with van der Waals surface area (Å²) in [5.74, 6) is 0. The van der Waals surface area contributed by atoms with Gasteiger partial charge in [-0.2, -0.15) is 8.42 Å². The molecule has 5 nitrogen and oxygen atoms in total. The molecule has 0 heterocycles. The molecule has 0 aromatic carbocycles. The lowest BCUT2D eigenvalue weighted by molar-refractivity contribution is 0.292. The third-order valence-corrected chi connectivity index (χ3v) is 2.11. The van der Waals surface area contributed by atoms with Gasteiger partial charge in [0.25, 0.3) is 0 Å². The van der Waals surface area contributed by atoms with Crippen LogP contribution in [0.5, 0.6) is 0 Å². The van der Waals surface area contributed by atoms with Crippen LogP contribution in [0.4, 0.5) is 0 Å². The lowest BCUT2D eigenvalue weighted by atomic mass is 10.1. The van der Waals surface area contributed by atoms with Gasteiger partial charge >= 0.3 is 10.4 Å². The summed E-state index contributed by atoms with van der Waals surface area (Å²) >= 11 is 0. The van der Waals surface area contributed by atoms with Crippen molar-refractivity contribution < 1.29 is 17.5 Å². The fourth-order valence-corrected chi connectivity index (χ4v) is 0.948. The third-order valence-electron chi connectivity index (χ3n) is 2.11. The van der Waals surface area contributed by atoms with Crippen molar-refractivity contribution in [3.05, 3.63) is 0 Å². The quantitative estimate of drug-likeness (QED) is 0.567. The molecule has 0 aliphatic heterocycles. The molecule has 0 saturated heterocycles. The Morgan fingerprint density at radius 1 is 1.20 bits per heavy atom. The fourth-order valence-electron chi connectivity index (χ4n) is 0.948. The Morgan fingerprint density at radius 3 is 1.87 bits per heavy atom. The van der Waals surface area contributed by atoms with Crippen LogP contribution in [0.15, 0.2) is 0 Å². The molecule has 15 heavy (non-hydrogen) atoms. The largest absolute Gasteiger partial charge is 0.394 e. The van der Waals surface area contributed by atoms with Crippen molar-refractivity contribution in [3.8, 4) is 0 Å². The van der Waals surface area contributed by atoms with E-state index in [9.17, 15) is 0 Å². The Kier molecular flexibility index (Phi) is 10.4. The smallest absolute Gasteiger partial charge is 0.307 e. The first kappa shape index (κ1) is 17.2. The molecule has 0 aliphatic rings. The Hall–Kier alpha value is -0.170. The summed E-state index contributed by atoms with van der Waals surface area (Å²) < 4.78 is 31.6. The van der Waals surface area contributed by atoms with E-state index in [-0.39, 0.29) is 0 Å². The first-order valence-corrected chi connectivity index (χ1v) is 6.44. The zero-order valence-electron chi connectivity index (χ0n) is 9.97. The van der Waals surface area contributed by atoms with E-state index >= 15 is 0 Å². The molecular weight excluding hydrogens is 218 g/mol. The summed E-state index contributed by atoms with van der Waals surface area (Å²) in [5.41, 5.74) is 0. The number of hydrogen-bond acceptors (Lipinski definition) is 3. The van der Waals surface area contributed by atoms with E-state index in [1.807, 2.05) is 0 Å². The van der Waals surface area contributed by atoms with Crippen LogP contribution >= 0.6 is 0 Å². The normalized spacial score (nSPS) is 13.3. The summed E-state index contributed by atoms with van der Waals surface area (Å²) in [6.45, 7) is 4.54. The predicted octanol–water partition coefficient (Wildman–Crippen LogP) is 1.86. The molecule has 0 amide bonds. The lowest BCUT2D eigenvalue weighted by Crippen LogP contribution is -2.24. The van der Waals surface area contributed by atoms with Gasteiger partial charge in [0.2, 0.25) is 0 Å². The minimum absolute atomic E-state index is 0.756. The summed E-state index contributed by atoms with van der Waals surface area (Å²) in [6.07, 6.45) is 5.45. The Balaban J connectivity index is 0. The molecule has 0 aromatic heterocycles. The van der Waals surface area contributed by atoms with Crippen molar-refractivity contribution in [2.75, 3.05) is 14.1 Å². The molecule has 2 N–H and O–H groups in total. The second-order valence-corrected chi connectivity index (χ2v) is 4.65. The Bertz CT molecular complexity index is 218. The summed E-state index contributed by atoms with van der Waals surface area (Å²) in [6, 6.07) is 0.756. The van der Waals surface area contributed by atoms with E-state index in [0.717, 1.165) is 6.04 Å². The summed E-state index contributed by atoms with van der Waals surface area (Å²) in [4.78, 5) is 2.29. The van der Waals surface area contributed by atoms with Gasteiger partial charge in [-0.15, -0.1) is 0 Å². The first-order valence-electron chi connectivity index (χ1n) is 5.04. The van der Waals surface area contributed by atoms with Crippen LogP contribution in [0, 0.1) is 0 Å². The molecule has 0 aromatic rings. The van der Waals surface area contributed by atoms with Gasteiger partial charge in [0, 0.05) is 6.04 Å². The van der Waals surface area contributed by atoms with E-state index in [4.69, 9.17) is 17.5 Å². The van der Waals surface area contributed by atoms with Gasteiger partial charge in [0.15, 0.2) is 0 Å². The maximum absolute atomic E-state index is 8.74. The number of hydrogen-bond donors (Lipinski definition) is 2. The van der Waals surface area contributed by atoms with E-state index in [0.29, 0.717) is 0 Å². The number of unbranched alkanes of at least 4 members (excludes halogenated alkanes) is 2. The SMILES string of the molecule is CCCCCC(C)N(C)C.O=S(=O)(O)O. The highest BCUT2D eigenvalue weighted by Crippen LogP contribution is 2.05. The second kappa shape index (κ2) is 9.08. The van der Waals surface area contributed by atoms with Crippen molar-refractivity contribution >= 4 is 10.4 Å². The van der Waals surface area contributed by atoms with Gasteiger partial charge in [-0.1, -0.05) is 26.2 Å². The van der Waals surface area contributed by atoms with Gasteiger partial charge in [-0.25, -0.2) is 0 Å². The molecule has 0 radical (unpaired) electrons. The molecule has 0 bridgehead atoms. The van der Waals surface area contributed by atoms with Crippen LogP contribution in [0.2, 0.25) is 0 Å². The summed E-state index contributed by atoms with van der Waals surface area (Å²) in [7, 11) is -0.368. The zero-order valence-corrected chi connectivity index (χ0v) is 10.8. The second-order valence-electron chi connectivity index (χ2n) is 3.76.